The molecule has 0 aliphatic carbocycles. The van der Waals surface area contributed by atoms with Crippen LogP contribution in [0.2, 0.25) is 0 Å². The third-order valence-corrected chi connectivity index (χ3v) is 8.53. The van der Waals surface area contributed by atoms with E-state index >= 15 is 0 Å². The normalized spacial score (nSPS) is 17.1. The number of thiophene rings is 1. The number of Topliss-reactive ketones (excluding diaryl/α,β-unsaturated/α-hetero) is 1. The molecule has 0 N–H and O–H groups in total. The molecule has 36 heavy (non-hydrogen) atoms. The van der Waals surface area contributed by atoms with Crippen LogP contribution in [0, 0.1) is 12.3 Å². The molecule has 0 atom stereocenters. The number of piperidine rings is 1. The van der Waals surface area contributed by atoms with Crippen LogP contribution in [0.25, 0.3) is 11.0 Å². The zero-order valence-electron chi connectivity index (χ0n) is 20.4. The maximum absolute atomic E-state index is 12.9. The molecule has 2 aromatic heterocycles. The van der Waals surface area contributed by atoms with Gasteiger partial charge < -0.3 is 19.0 Å². The lowest BCUT2D eigenvalue weighted by atomic mass is 9.78. The van der Waals surface area contributed by atoms with E-state index in [1.54, 1.807) is 24.3 Å². The molecule has 3 aromatic rings. The largest absolute Gasteiger partial charge is 0.484 e. The van der Waals surface area contributed by atoms with Crippen LogP contribution in [-0.4, -0.2) is 60.2 Å². The van der Waals surface area contributed by atoms with Crippen molar-refractivity contribution in [1.29, 1.82) is 0 Å². The number of ketones is 1. The fraction of sp³-hybridized carbons (Fsp3) is 0.407. The van der Waals surface area contributed by atoms with Crippen LogP contribution in [0.4, 0.5) is 0 Å². The van der Waals surface area contributed by atoms with Crippen LogP contribution in [0.15, 0.2) is 45.6 Å². The van der Waals surface area contributed by atoms with E-state index < -0.39 is 5.63 Å². The van der Waals surface area contributed by atoms with E-state index in [0.717, 1.165) is 30.2 Å². The number of benzene rings is 1. The van der Waals surface area contributed by atoms with Crippen molar-refractivity contribution >= 4 is 39.9 Å². The second-order valence-electron chi connectivity index (χ2n) is 9.77. The average molecular weight is 509 g/mol. The SMILES string of the molecule is CC(=O)c1ccc(C(=O)N2CCC3(CCN(C(=O)COc4ccc5c(C)cc(=O)oc5c4)C3)CC2)s1. The number of carbonyl (C=O) groups excluding carboxylic acids is 3. The molecule has 9 heteroatoms. The minimum atomic E-state index is -0.417. The monoisotopic (exact) mass is 508 g/mol. The first-order valence-corrected chi connectivity index (χ1v) is 12.9. The first-order chi connectivity index (χ1) is 17.2. The molecule has 0 radical (unpaired) electrons. The number of likely N-dealkylation sites (tertiary alicyclic amines) is 2. The number of hydrogen-bond acceptors (Lipinski definition) is 7. The van der Waals surface area contributed by atoms with Crippen LogP contribution in [0.1, 0.15) is 51.1 Å². The Morgan fingerprint density at radius 3 is 2.39 bits per heavy atom. The predicted octanol–water partition coefficient (Wildman–Crippen LogP) is 3.90. The minimum Gasteiger partial charge on any atom is -0.484 e. The minimum absolute atomic E-state index is 0.0241. The maximum Gasteiger partial charge on any atom is 0.336 e. The standard InChI is InChI=1S/C27H28N2O6S/c1-17-13-25(32)35-21-14-19(3-4-20(17)21)34-15-24(31)29-12-9-27(16-29)7-10-28(11-8-27)26(33)23-6-5-22(36-23)18(2)30/h3-6,13-14H,7-12,15-16H2,1-2H3. The molecule has 0 unspecified atom stereocenters. The molecule has 8 nitrogen and oxygen atoms in total. The molecule has 0 bridgehead atoms. The van der Waals surface area contributed by atoms with Gasteiger partial charge in [0.15, 0.2) is 12.4 Å². The quantitative estimate of drug-likeness (QED) is 0.383. The number of aryl methyl sites for hydroxylation is 1. The molecular formula is C27H28N2O6S. The number of hydrogen-bond donors (Lipinski definition) is 0. The lowest BCUT2D eigenvalue weighted by Gasteiger charge is -2.39. The highest BCUT2D eigenvalue weighted by Gasteiger charge is 2.43. The van der Waals surface area contributed by atoms with Crippen LogP contribution < -0.4 is 10.4 Å². The van der Waals surface area contributed by atoms with Gasteiger partial charge in [-0.3, -0.25) is 14.4 Å². The lowest BCUT2D eigenvalue weighted by Crippen LogP contribution is -2.44. The Morgan fingerprint density at radius 1 is 1.00 bits per heavy atom. The molecule has 2 saturated heterocycles. The van der Waals surface area contributed by atoms with Gasteiger partial charge in [0.1, 0.15) is 11.3 Å². The number of rotatable bonds is 5. The maximum atomic E-state index is 12.9. The summed E-state index contributed by atoms with van der Waals surface area (Å²) < 4.78 is 11.0. The molecule has 188 valence electrons. The van der Waals surface area contributed by atoms with E-state index in [-0.39, 0.29) is 29.6 Å². The Balaban J connectivity index is 1.15. The Labute approximate surface area is 212 Å². The van der Waals surface area contributed by atoms with Gasteiger partial charge in [0.05, 0.1) is 9.75 Å². The van der Waals surface area contributed by atoms with Crippen molar-refractivity contribution < 1.29 is 23.5 Å². The fourth-order valence-corrected chi connectivity index (χ4v) is 6.04. The summed E-state index contributed by atoms with van der Waals surface area (Å²) in [4.78, 5) is 53.8. The molecular weight excluding hydrogens is 480 g/mol. The number of fused-ring (bicyclic) bond motifs is 1. The zero-order chi connectivity index (χ0) is 25.4. The molecule has 1 aromatic carbocycles. The molecule has 1 spiro atoms. The Bertz CT molecular complexity index is 1400. The van der Waals surface area contributed by atoms with Gasteiger partial charge in [0, 0.05) is 43.7 Å². The van der Waals surface area contributed by atoms with Crippen molar-refractivity contribution in [2.24, 2.45) is 5.41 Å². The molecule has 0 saturated carbocycles. The molecule has 2 aliphatic heterocycles. The van der Waals surface area contributed by atoms with Crippen molar-refractivity contribution in [3.63, 3.8) is 0 Å². The summed E-state index contributed by atoms with van der Waals surface area (Å²) in [6.45, 7) is 5.90. The number of ether oxygens (including phenoxy) is 1. The lowest BCUT2D eigenvalue weighted by molar-refractivity contribution is -0.132. The van der Waals surface area contributed by atoms with E-state index in [1.165, 1.54) is 24.3 Å². The van der Waals surface area contributed by atoms with Crippen LogP contribution in [-0.2, 0) is 4.79 Å². The van der Waals surface area contributed by atoms with Gasteiger partial charge in [0.2, 0.25) is 0 Å². The molecule has 2 fully saturated rings. The van der Waals surface area contributed by atoms with Gasteiger partial charge >= 0.3 is 5.63 Å². The summed E-state index contributed by atoms with van der Waals surface area (Å²) in [6, 6.07) is 10.1. The average Bonchev–Trinajstić information content (AvgIpc) is 3.51. The van der Waals surface area contributed by atoms with E-state index in [2.05, 4.69) is 0 Å². The van der Waals surface area contributed by atoms with Crippen molar-refractivity contribution in [2.45, 2.75) is 33.1 Å². The first kappa shape index (κ1) is 24.2. The Kier molecular flexibility index (Phi) is 6.42. The van der Waals surface area contributed by atoms with Crippen LogP contribution in [0.5, 0.6) is 5.75 Å². The van der Waals surface area contributed by atoms with Gasteiger partial charge in [-0.1, -0.05) is 0 Å². The third-order valence-electron chi connectivity index (χ3n) is 7.35. The number of amides is 2. The molecule has 2 aliphatic rings. The first-order valence-electron chi connectivity index (χ1n) is 12.1. The number of nitrogens with zero attached hydrogens (tertiary/aromatic N) is 2. The second kappa shape index (κ2) is 9.54. The topological polar surface area (TPSA) is 97.1 Å². The van der Waals surface area contributed by atoms with Crippen LogP contribution in [0.3, 0.4) is 0 Å². The Morgan fingerprint density at radius 2 is 1.69 bits per heavy atom. The van der Waals surface area contributed by atoms with Crippen molar-refractivity contribution in [3.8, 4) is 5.75 Å². The predicted molar refractivity (Wildman–Crippen MR) is 136 cm³/mol. The van der Waals surface area contributed by atoms with Crippen LogP contribution >= 0.6 is 11.3 Å². The van der Waals surface area contributed by atoms with E-state index in [4.69, 9.17) is 9.15 Å². The third kappa shape index (κ3) is 4.80. The molecule has 2 amide bonds. The highest BCUT2D eigenvalue weighted by atomic mass is 32.1. The van der Waals surface area contributed by atoms with Crippen molar-refractivity contribution in [1.82, 2.24) is 9.80 Å². The van der Waals surface area contributed by atoms with Gasteiger partial charge in [0.25, 0.3) is 11.8 Å². The zero-order valence-corrected chi connectivity index (χ0v) is 21.2. The molecule has 5 rings (SSSR count). The summed E-state index contributed by atoms with van der Waals surface area (Å²) in [5, 5.41) is 0.831. The molecule has 4 heterocycles. The number of carbonyl (C=O) groups is 3. The van der Waals surface area contributed by atoms with Gasteiger partial charge in [-0.15, -0.1) is 11.3 Å². The smallest absolute Gasteiger partial charge is 0.336 e. The van der Waals surface area contributed by atoms with E-state index in [9.17, 15) is 19.2 Å². The van der Waals surface area contributed by atoms with E-state index in [0.29, 0.717) is 47.3 Å². The van der Waals surface area contributed by atoms with Gasteiger partial charge in [-0.25, -0.2) is 4.79 Å². The van der Waals surface area contributed by atoms with Gasteiger partial charge in [-0.2, -0.15) is 0 Å². The van der Waals surface area contributed by atoms with Gasteiger partial charge in [-0.05, 0) is 68.4 Å². The summed E-state index contributed by atoms with van der Waals surface area (Å²) in [7, 11) is 0. The Hall–Kier alpha value is -3.46. The highest BCUT2D eigenvalue weighted by Crippen LogP contribution is 2.41. The summed E-state index contributed by atoms with van der Waals surface area (Å²) in [5.41, 5.74) is 0.872. The van der Waals surface area contributed by atoms with Crippen molar-refractivity contribution in [2.75, 3.05) is 32.8 Å². The van der Waals surface area contributed by atoms with E-state index in [1.807, 2.05) is 22.8 Å². The second-order valence-corrected chi connectivity index (χ2v) is 10.9. The van der Waals surface area contributed by atoms with Crippen molar-refractivity contribution in [3.05, 3.63) is 62.1 Å². The summed E-state index contributed by atoms with van der Waals surface area (Å²) >= 11 is 1.25. The highest BCUT2D eigenvalue weighted by molar-refractivity contribution is 7.15. The summed E-state index contributed by atoms with van der Waals surface area (Å²) in [6.07, 6.45) is 2.60. The fourth-order valence-electron chi connectivity index (χ4n) is 5.17. The summed E-state index contributed by atoms with van der Waals surface area (Å²) in [5.74, 6) is 0.347.